The zero-order valence-electron chi connectivity index (χ0n) is 10.9. The lowest BCUT2D eigenvalue weighted by molar-refractivity contribution is 0.450. The Morgan fingerprint density at radius 2 is 1.88 bits per heavy atom. The Morgan fingerprint density at radius 1 is 1.19 bits per heavy atom. The fraction of sp³-hybridized carbons (Fsp3) is 0.833. The highest BCUT2D eigenvalue weighted by Gasteiger charge is 2.12. The van der Waals surface area contributed by atoms with Crippen LogP contribution in [0.3, 0.4) is 0 Å². The van der Waals surface area contributed by atoms with E-state index in [1.807, 2.05) is 4.68 Å². The maximum absolute atomic E-state index is 5.69. The first-order chi connectivity index (χ1) is 7.54. The van der Waals surface area contributed by atoms with E-state index >= 15 is 0 Å². The molecule has 4 nitrogen and oxygen atoms in total. The van der Waals surface area contributed by atoms with Crippen LogP contribution in [0.2, 0.25) is 0 Å². The summed E-state index contributed by atoms with van der Waals surface area (Å²) in [7, 11) is 0. The van der Waals surface area contributed by atoms with Gasteiger partial charge in [0.25, 0.3) is 0 Å². The molecule has 0 bridgehead atoms. The molecule has 0 saturated carbocycles. The maximum Gasteiger partial charge on any atom is 0.0994 e. The van der Waals surface area contributed by atoms with Crippen molar-refractivity contribution in [2.45, 2.75) is 53.6 Å². The van der Waals surface area contributed by atoms with Crippen molar-refractivity contribution in [3.63, 3.8) is 0 Å². The van der Waals surface area contributed by atoms with E-state index in [0.29, 0.717) is 18.4 Å². The highest BCUT2D eigenvalue weighted by atomic mass is 15.4. The summed E-state index contributed by atoms with van der Waals surface area (Å²) < 4.78 is 2.02. The summed E-state index contributed by atoms with van der Waals surface area (Å²) in [6.45, 7) is 10.3. The van der Waals surface area contributed by atoms with Crippen LogP contribution in [0.15, 0.2) is 0 Å². The molecule has 0 unspecified atom stereocenters. The summed E-state index contributed by atoms with van der Waals surface area (Å²) in [5, 5.41) is 8.35. The van der Waals surface area contributed by atoms with Crippen molar-refractivity contribution < 1.29 is 0 Å². The van der Waals surface area contributed by atoms with Crippen LogP contribution in [0.5, 0.6) is 0 Å². The second kappa shape index (κ2) is 5.99. The molecule has 0 atom stereocenters. The average Bonchev–Trinajstić information content (AvgIpc) is 2.56. The first kappa shape index (κ1) is 13.2. The minimum Gasteiger partial charge on any atom is -0.325 e. The predicted molar refractivity (Wildman–Crippen MR) is 65.9 cm³/mol. The molecule has 0 spiro atoms. The molecule has 1 aromatic rings. The minimum absolute atomic E-state index is 0.492. The Balaban J connectivity index is 2.79. The van der Waals surface area contributed by atoms with E-state index in [1.165, 1.54) is 12.1 Å². The van der Waals surface area contributed by atoms with Gasteiger partial charge in [-0.05, 0) is 24.7 Å². The zero-order valence-corrected chi connectivity index (χ0v) is 10.9. The molecule has 1 rings (SSSR count). The Bertz CT molecular complexity index is 315. The summed E-state index contributed by atoms with van der Waals surface area (Å²) in [4.78, 5) is 0. The van der Waals surface area contributed by atoms with Crippen LogP contribution >= 0.6 is 0 Å². The molecule has 0 saturated heterocycles. The Labute approximate surface area is 98.2 Å². The summed E-state index contributed by atoms with van der Waals surface area (Å²) in [6, 6.07) is 0. The van der Waals surface area contributed by atoms with Crippen molar-refractivity contribution in [1.82, 2.24) is 15.0 Å². The SMILES string of the molecule is CC(C)CCc1c(CN)nnn1CC(C)C. The van der Waals surface area contributed by atoms with E-state index in [1.54, 1.807) is 0 Å². The van der Waals surface area contributed by atoms with Gasteiger partial charge < -0.3 is 5.73 Å². The standard InChI is InChI=1S/C12H24N4/c1-9(2)5-6-12-11(7-13)14-15-16(12)8-10(3)4/h9-10H,5-8,13H2,1-4H3. The van der Waals surface area contributed by atoms with Crippen LogP contribution in [-0.4, -0.2) is 15.0 Å². The second-order valence-electron chi connectivity index (χ2n) is 5.20. The van der Waals surface area contributed by atoms with E-state index in [0.717, 1.165) is 18.7 Å². The van der Waals surface area contributed by atoms with E-state index in [4.69, 9.17) is 5.73 Å². The van der Waals surface area contributed by atoms with E-state index in [2.05, 4.69) is 38.0 Å². The Hall–Kier alpha value is -0.900. The average molecular weight is 224 g/mol. The maximum atomic E-state index is 5.69. The Kier molecular flexibility index (Phi) is 4.93. The number of hydrogen-bond acceptors (Lipinski definition) is 3. The van der Waals surface area contributed by atoms with Crippen LogP contribution in [0.4, 0.5) is 0 Å². The van der Waals surface area contributed by atoms with Crippen LogP contribution in [0, 0.1) is 11.8 Å². The van der Waals surface area contributed by atoms with Gasteiger partial charge in [0.2, 0.25) is 0 Å². The smallest absolute Gasteiger partial charge is 0.0994 e. The molecule has 0 aliphatic heterocycles. The van der Waals surface area contributed by atoms with Gasteiger partial charge in [-0.1, -0.05) is 32.9 Å². The number of aromatic nitrogens is 3. The normalized spacial score (nSPS) is 11.7. The highest BCUT2D eigenvalue weighted by Crippen LogP contribution is 2.13. The molecular formula is C12H24N4. The van der Waals surface area contributed by atoms with Gasteiger partial charge in [0.1, 0.15) is 0 Å². The molecule has 1 aromatic heterocycles. The summed E-state index contributed by atoms with van der Waals surface area (Å²) >= 11 is 0. The molecule has 0 aromatic carbocycles. The molecule has 0 fully saturated rings. The molecule has 4 heteroatoms. The quantitative estimate of drug-likeness (QED) is 0.804. The van der Waals surface area contributed by atoms with E-state index < -0.39 is 0 Å². The van der Waals surface area contributed by atoms with Gasteiger partial charge in [-0.25, -0.2) is 4.68 Å². The molecule has 1 heterocycles. The van der Waals surface area contributed by atoms with Crippen LogP contribution in [0.25, 0.3) is 0 Å². The highest BCUT2D eigenvalue weighted by molar-refractivity contribution is 5.10. The number of hydrogen-bond donors (Lipinski definition) is 1. The predicted octanol–water partition coefficient (Wildman–Crippen LogP) is 1.98. The van der Waals surface area contributed by atoms with E-state index in [-0.39, 0.29) is 0 Å². The Morgan fingerprint density at radius 3 is 2.38 bits per heavy atom. The molecular weight excluding hydrogens is 200 g/mol. The van der Waals surface area contributed by atoms with Gasteiger partial charge in [0, 0.05) is 13.1 Å². The number of nitrogens with zero attached hydrogens (tertiary/aromatic N) is 3. The van der Waals surface area contributed by atoms with Crippen molar-refractivity contribution in [3.8, 4) is 0 Å². The largest absolute Gasteiger partial charge is 0.325 e. The van der Waals surface area contributed by atoms with Gasteiger partial charge >= 0.3 is 0 Å². The third-order valence-corrected chi connectivity index (χ3v) is 2.61. The van der Waals surface area contributed by atoms with Gasteiger partial charge in [0.15, 0.2) is 0 Å². The fourth-order valence-corrected chi connectivity index (χ4v) is 1.72. The monoisotopic (exact) mass is 224 g/mol. The molecule has 92 valence electrons. The van der Waals surface area contributed by atoms with Crippen LogP contribution < -0.4 is 5.73 Å². The van der Waals surface area contributed by atoms with Gasteiger partial charge in [-0.2, -0.15) is 0 Å². The molecule has 0 amide bonds. The molecule has 2 N–H and O–H groups in total. The summed E-state index contributed by atoms with van der Waals surface area (Å²) in [6.07, 6.45) is 2.20. The van der Waals surface area contributed by atoms with E-state index in [9.17, 15) is 0 Å². The fourth-order valence-electron chi connectivity index (χ4n) is 1.72. The van der Waals surface area contributed by atoms with Crippen molar-refractivity contribution in [2.75, 3.05) is 0 Å². The zero-order chi connectivity index (χ0) is 12.1. The summed E-state index contributed by atoms with van der Waals surface area (Å²) in [5.41, 5.74) is 7.87. The minimum atomic E-state index is 0.492. The van der Waals surface area contributed by atoms with Gasteiger partial charge in [-0.15, -0.1) is 5.10 Å². The summed E-state index contributed by atoms with van der Waals surface area (Å²) in [5.74, 6) is 1.29. The van der Waals surface area contributed by atoms with Crippen molar-refractivity contribution in [3.05, 3.63) is 11.4 Å². The van der Waals surface area contributed by atoms with Gasteiger partial charge in [-0.3, -0.25) is 0 Å². The lowest BCUT2D eigenvalue weighted by atomic mass is 10.1. The lowest BCUT2D eigenvalue weighted by Crippen LogP contribution is -2.12. The lowest BCUT2D eigenvalue weighted by Gasteiger charge is -2.10. The first-order valence-corrected chi connectivity index (χ1v) is 6.15. The number of rotatable bonds is 6. The molecule has 0 aliphatic rings. The van der Waals surface area contributed by atoms with Crippen molar-refractivity contribution in [2.24, 2.45) is 17.6 Å². The van der Waals surface area contributed by atoms with Gasteiger partial charge in [0.05, 0.1) is 11.4 Å². The second-order valence-corrected chi connectivity index (χ2v) is 5.20. The first-order valence-electron chi connectivity index (χ1n) is 6.15. The number of nitrogens with two attached hydrogens (primary N) is 1. The third kappa shape index (κ3) is 3.59. The topological polar surface area (TPSA) is 56.7 Å². The molecule has 0 radical (unpaired) electrons. The van der Waals surface area contributed by atoms with Crippen LogP contribution in [0.1, 0.15) is 45.5 Å². The third-order valence-electron chi connectivity index (χ3n) is 2.61. The molecule has 0 aliphatic carbocycles. The molecule has 16 heavy (non-hydrogen) atoms. The van der Waals surface area contributed by atoms with Crippen molar-refractivity contribution in [1.29, 1.82) is 0 Å². The van der Waals surface area contributed by atoms with Crippen LogP contribution in [-0.2, 0) is 19.5 Å². The van der Waals surface area contributed by atoms with Crippen molar-refractivity contribution >= 4 is 0 Å².